The number of aromatic nitrogens is 4. The van der Waals surface area contributed by atoms with Gasteiger partial charge in [-0.05, 0) is 25.0 Å². The lowest BCUT2D eigenvalue weighted by Gasteiger charge is -2.20. The quantitative estimate of drug-likeness (QED) is 0.446. The normalized spacial score (nSPS) is 13.5. The zero-order valence-electron chi connectivity index (χ0n) is 18.8. The first-order valence-corrected chi connectivity index (χ1v) is 10.9. The molecule has 1 fully saturated rings. The van der Waals surface area contributed by atoms with Gasteiger partial charge in [0.2, 0.25) is 0 Å². The van der Waals surface area contributed by atoms with Gasteiger partial charge >= 0.3 is 0 Å². The lowest BCUT2D eigenvalue weighted by molar-refractivity contribution is 0.0835. The highest BCUT2D eigenvalue weighted by Crippen LogP contribution is 2.33. The molecule has 9 nitrogen and oxygen atoms in total. The molecule has 0 radical (unpaired) electrons. The van der Waals surface area contributed by atoms with Crippen LogP contribution >= 0.6 is 0 Å². The highest BCUT2D eigenvalue weighted by molar-refractivity contribution is 5.86. The molecule has 0 aliphatic carbocycles. The number of imidazole rings is 1. The summed E-state index contributed by atoms with van der Waals surface area (Å²) in [5.41, 5.74) is 9.95. The summed E-state index contributed by atoms with van der Waals surface area (Å²) < 4.78 is 7.51. The molecule has 0 saturated carbocycles. The maximum absolute atomic E-state index is 10.9. The van der Waals surface area contributed by atoms with Crippen LogP contribution in [0.25, 0.3) is 16.8 Å². The number of ether oxygens (including phenoxy) is 1. The standard InChI is InChI=1S/C18H18N4O2.C7H7N3/c19-17-16-15(13-3-1-12(11-23)2-4-13)21-18(22(16)8-7-20-17)14-5-9-24-10-6-14;1-9-7-4-6(5-8)2-3-10-7/h1-4,7-8,11,14H,5-6,9-10H2,(H2,19,20);2-4H,1H3,(H,9,10). The predicted octanol–water partition coefficient (Wildman–Crippen LogP) is 3.68. The average molecular weight is 456 g/mol. The van der Waals surface area contributed by atoms with Crippen molar-refractivity contribution in [2.75, 3.05) is 31.3 Å². The number of hydrogen-bond acceptors (Lipinski definition) is 8. The molecule has 1 aromatic carbocycles. The molecule has 4 heterocycles. The first-order valence-electron chi connectivity index (χ1n) is 10.9. The molecule has 0 bridgehead atoms. The second-order valence-electron chi connectivity index (χ2n) is 7.77. The van der Waals surface area contributed by atoms with Crippen molar-refractivity contribution in [3.05, 3.63) is 71.9 Å². The van der Waals surface area contributed by atoms with Crippen LogP contribution in [0.5, 0.6) is 0 Å². The van der Waals surface area contributed by atoms with Crippen molar-refractivity contribution in [3.63, 3.8) is 0 Å². The van der Waals surface area contributed by atoms with Crippen molar-refractivity contribution >= 4 is 23.4 Å². The van der Waals surface area contributed by atoms with Crippen LogP contribution in [-0.2, 0) is 4.74 Å². The topological polar surface area (TPSA) is 131 Å². The maximum Gasteiger partial charge on any atom is 0.150 e. The van der Waals surface area contributed by atoms with E-state index in [2.05, 4.69) is 15.3 Å². The molecule has 9 heteroatoms. The molecular formula is C25H25N7O2. The minimum absolute atomic E-state index is 0.344. The first kappa shape index (κ1) is 22.9. The second-order valence-corrected chi connectivity index (χ2v) is 7.77. The van der Waals surface area contributed by atoms with Crippen LogP contribution in [0.2, 0.25) is 0 Å². The van der Waals surface area contributed by atoms with Crippen LogP contribution in [0.4, 0.5) is 11.6 Å². The third-order valence-corrected chi connectivity index (χ3v) is 5.66. The van der Waals surface area contributed by atoms with Gasteiger partial charge in [-0.1, -0.05) is 24.3 Å². The van der Waals surface area contributed by atoms with Gasteiger partial charge in [0.25, 0.3) is 0 Å². The van der Waals surface area contributed by atoms with E-state index in [9.17, 15) is 4.79 Å². The Morgan fingerprint density at radius 3 is 2.62 bits per heavy atom. The largest absolute Gasteiger partial charge is 0.382 e. The number of carbonyl (C=O) groups excluding carboxylic acids is 1. The number of carbonyl (C=O) groups is 1. The summed E-state index contributed by atoms with van der Waals surface area (Å²) >= 11 is 0. The number of nitrogens with two attached hydrogens (primary N) is 1. The zero-order valence-corrected chi connectivity index (χ0v) is 18.8. The van der Waals surface area contributed by atoms with E-state index in [-0.39, 0.29) is 0 Å². The highest BCUT2D eigenvalue weighted by Gasteiger charge is 2.24. The summed E-state index contributed by atoms with van der Waals surface area (Å²) in [4.78, 5) is 23.9. The molecule has 4 aromatic rings. The number of benzene rings is 1. The van der Waals surface area contributed by atoms with Crippen LogP contribution in [-0.4, -0.2) is 45.9 Å². The third-order valence-electron chi connectivity index (χ3n) is 5.66. The smallest absolute Gasteiger partial charge is 0.150 e. The number of nitrogens with zero attached hydrogens (tertiary/aromatic N) is 5. The number of hydrogen-bond donors (Lipinski definition) is 2. The highest BCUT2D eigenvalue weighted by atomic mass is 16.5. The van der Waals surface area contributed by atoms with Crippen LogP contribution in [0, 0.1) is 11.3 Å². The Bertz CT molecular complexity index is 1320. The molecule has 34 heavy (non-hydrogen) atoms. The van der Waals surface area contributed by atoms with Crippen LogP contribution in [0.15, 0.2) is 55.0 Å². The Labute approximate surface area is 197 Å². The molecule has 0 spiro atoms. The van der Waals surface area contributed by atoms with Crippen molar-refractivity contribution in [3.8, 4) is 17.3 Å². The molecular weight excluding hydrogens is 430 g/mol. The van der Waals surface area contributed by atoms with Gasteiger partial charge in [0.1, 0.15) is 35.0 Å². The third kappa shape index (κ3) is 4.87. The summed E-state index contributed by atoms with van der Waals surface area (Å²) in [5.74, 6) is 2.52. The van der Waals surface area contributed by atoms with Crippen LogP contribution in [0.3, 0.4) is 0 Å². The van der Waals surface area contributed by atoms with Crippen LogP contribution < -0.4 is 11.1 Å². The molecule has 1 aliphatic heterocycles. The summed E-state index contributed by atoms with van der Waals surface area (Å²) in [7, 11) is 1.77. The van der Waals surface area contributed by atoms with Gasteiger partial charge in [-0.15, -0.1) is 0 Å². The summed E-state index contributed by atoms with van der Waals surface area (Å²) in [6.07, 6.45) is 7.94. The summed E-state index contributed by atoms with van der Waals surface area (Å²) in [6.45, 7) is 1.51. The molecule has 0 atom stereocenters. The molecule has 172 valence electrons. The van der Waals surface area contributed by atoms with Crippen LogP contribution in [0.1, 0.15) is 40.5 Å². The van der Waals surface area contributed by atoms with Crippen molar-refractivity contribution in [1.82, 2.24) is 19.4 Å². The average Bonchev–Trinajstić information content (AvgIpc) is 3.30. The van der Waals surface area contributed by atoms with E-state index in [1.807, 2.05) is 28.8 Å². The number of nitriles is 1. The number of aldehydes is 1. The van der Waals surface area contributed by atoms with Gasteiger partial charge in [0.15, 0.2) is 0 Å². The van der Waals surface area contributed by atoms with E-state index >= 15 is 0 Å². The Morgan fingerprint density at radius 2 is 1.94 bits per heavy atom. The van der Waals surface area contributed by atoms with Gasteiger partial charge in [-0.2, -0.15) is 5.26 Å². The maximum atomic E-state index is 10.9. The molecule has 0 amide bonds. The molecule has 3 aromatic heterocycles. The monoisotopic (exact) mass is 455 g/mol. The van der Waals surface area contributed by atoms with Gasteiger partial charge in [0.05, 0.1) is 11.6 Å². The van der Waals surface area contributed by atoms with Gasteiger partial charge in [-0.3, -0.25) is 9.20 Å². The van der Waals surface area contributed by atoms with Crippen molar-refractivity contribution in [2.45, 2.75) is 18.8 Å². The summed E-state index contributed by atoms with van der Waals surface area (Å²) in [5, 5.41) is 11.3. The fourth-order valence-corrected chi connectivity index (χ4v) is 3.89. The Kier molecular flexibility index (Phi) is 7.10. The first-order chi connectivity index (χ1) is 16.6. The molecule has 1 saturated heterocycles. The van der Waals surface area contributed by atoms with Gasteiger partial charge in [0, 0.05) is 55.9 Å². The lowest BCUT2D eigenvalue weighted by Crippen LogP contribution is -2.16. The molecule has 3 N–H and O–H groups in total. The number of nitrogen functional groups attached to an aromatic ring is 1. The number of fused-ring (bicyclic) bond motifs is 1. The second kappa shape index (κ2) is 10.6. The van der Waals surface area contributed by atoms with Gasteiger partial charge < -0.3 is 15.8 Å². The van der Waals surface area contributed by atoms with Crippen molar-refractivity contribution < 1.29 is 9.53 Å². The number of rotatable bonds is 4. The van der Waals surface area contributed by atoms with E-state index in [0.717, 1.165) is 60.8 Å². The Balaban J connectivity index is 0.000000231. The van der Waals surface area contributed by atoms with E-state index in [0.29, 0.717) is 22.9 Å². The minimum atomic E-state index is 0.344. The Morgan fingerprint density at radius 1 is 1.18 bits per heavy atom. The lowest BCUT2D eigenvalue weighted by atomic mass is 9.99. The fourth-order valence-electron chi connectivity index (χ4n) is 3.89. The number of pyridine rings is 1. The predicted molar refractivity (Wildman–Crippen MR) is 130 cm³/mol. The van der Waals surface area contributed by atoms with Crippen molar-refractivity contribution in [2.24, 2.45) is 0 Å². The molecule has 5 rings (SSSR count). The molecule has 1 aliphatic rings. The Hall–Kier alpha value is -4.29. The van der Waals surface area contributed by atoms with E-state index in [4.69, 9.17) is 20.7 Å². The van der Waals surface area contributed by atoms with Crippen molar-refractivity contribution in [1.29, 1.82) is 5.26 Å². The molecule has 0 unspecified atom stereocenters. The number of nitrogens with one attached hydrogen (secondary N) is 1. The minimum Gasteiger partial charge on any atom is -0.382 e. The van der Waals surface area contributed by atoms with E-state index in [1.54, 1.807) is 43.7 Å². The SMILES string of the molecule is CNc1cc(C#N)ccn1.Nc1nccn2c(C3CCOCC3)nc(-c3ccc(C=O)cc3)c12. The van der Waals surface area contributed by atoms with E-state index in [1.165, 1.54) is 0 Å². The van der Waals surface area contributed by atoms with Gasteiger partial charge in [-0.25, -0.2) is 15.0 Å². The number of anilines is 2. The fraction of sp³-hybridized carbons (Fsp3) is 0.240. The zero-order chi connectivity index (χ0) is 23.9. The van der Waals surface area contributed by atoms with E-state index < -0.39 is 0 Å². The summed E-state index contributed by atoms with van der Waals surface area (Å²) in [6, 6.07) is 12.7.